The highest BCUT2D eigenvalue weighted by molar-refractivity contribution is 6.35. The number of benzene rings is 1. The summed E-state index contributed by atoms with van der Waals surface area (Å²) in [6.45, 7) is 3.04. The van der Waals surface area contributed by atoms with Crippen LogP contribution in [0.4, 0.5) is 4.79 Å². The molecule has 0 spiro atoms. The van der Waals surface area contributed by atoms with Gasteiger partial charge in [-0.3, -0.25) is 4.79 Å². The van der Waals surface area contributed by atoms with Gasteiger partial charge < -0.3 is 4.74 Å². The molecule has 0 saturated heterocycles. The van der Waals surface area contributed by atoms with Crippen LogP contribution in [0.3, 0.4) is 0 Å². The number of nitrogens with zero attached hydrogens (tertiary/aromatic N) is 1. The number of hydrogen-bond donors (Lipinski definition) is 0. The van der Waals surface area contributed by atoms with Crippen molar-refractivity contribution >= 4 is 46.8 Å². The molecule has 0 heterocycles. The molecule has 1 aromatic carbocycles. The molecule has 0 aliphatic rings. The van der Waals surface area contributed by atoms with Gasteiger partial charge in [0.05, 0.1) is 0 Å². The molecule has 0 radical (unpaired) electrons. The summed E-state index contributed by atoms with van der Waals surface area (Å²) in [5, 5.41) is 0.519. The molecule has 0 aliphatic heterocycles. The van der Waals surface area contributed by atoms with Gasteiger partial charge in [0.2, 0.25) is 0 Å². The summed E-state index contributed by atoms with van der Waals surface area (Å²) in [6.07, 6.45) is 4.43. The number of hydrogen-bond acceptors (Lipinski definition) is 3. The normalized spacial score (nSPS) is 10.7. The van der Waals surface area contributed by atoms with Crippen molar-refractivity contribution in [3.05, 3.63) is 33.8 Å². The molecule has 0 unspecified atom stereocenters. The number of alkyl halides is 1. The molecule has 0 bridgehead atoms. The summed E-state index contributed by atoms with van der Waals surface area (Å²) in [7, 11) is 0. The summed E-state index contributed by atoms with van der Waals surface area (Å²) < 4.78 is 4.67. The molecule has 2 amide bonds. The van der Waals surface area contributed by atoms with E-state index in [4.69, 9.17) is 41.2 Å². The van der Waals surface area contributed by atoms with Crippen LogP contribution in [0.1, 0.15) is 24.2 Å². The van der Waals surface area contributed by atoms with Crippen molar-refractivity contribution in [1.29, 1.82) is 0 Å². The van der Waals surface area contributed by atoms with Gasteiger partial charge in [-0.05, 0) is 32.0 Å². The minimum atomic E-state index is -1.21. The van der Waals surface area contributed by atoms with Crippen molar-refractivity contribution < 1.29 is 14.3 Å². The Labute approximate surface area is 137 Å². The van der Waals surface area contributed by atoms with Gasteiger partial charge in [0.25, 0.3) is 5.91 Å². The highest BCUT2D eigenvalue weighted by atomic mass is 35.5. The average Bonchev–Trinajstić information content (AvgIpc) is 2.37. The maximum atomic E-state index is 12.5. The van der Waals surface area contributed by atoms with Crippen molar-refractivity contribution in [2.24, 2.45) is 0 Å². The number of rotatable bonds is 3. The predicted molar refractivity (Wildman–Crippen MR) is 82.7 cm³/mol. The first-order valence-corrected chi connectivity index (χ1v) is 7.03. The molecule has 0 fully saturated rings. The zero-order valence-corrected chi connectivity index (χ0v) is 13.6. The molecular formula is C14H12Cl3NO3. The minimum Gasteiger partial charge on any atom is -0.433 e. The van der Waals surface area contributed by atoms with Crippen molar-refractivity contribution in [2.75, 3.05) is 6.07 Å². The van der Waals surface area contributed by atoms with E-state index < -0.39 is 23.6 Å². The van der Waals surface area contributed by atoms with Crippen molar-refractivity contribution in [3.63, 3.8) is 0 Å². The van der Waals surface area contributed by atoms with E-state index in [1.54, 1.807) is 0 Å². The lowest BCUT2D eigenvalue weighted by Gasteiger charge is -2.31. The number of imide groups is 1. The Morgan fingerprint density at radius 2 is 1.81 bits per heavy atom. The molecular weight excluding hydrogens is 337 g/mol. The van der Waals surface area contributed by atoms with Gasteiger partial charge in [0.15, 0.2) is 6.07 Å². The Balaban J connectivity index is 3.29. The third kappa shape index (κ3) is 4.28. The van der Waals surface area contributed by atoms with Crippen LogP contribution in [0.5, 0.6) is 0 Å². The zero-order valence-electron chi connectivity index (χ0n) is 11.3. The molecule has 4 nitrogen and oxygen atoms in total. The molecule has 112 valence electrons. The molecule has 0 atom stereocenters. The average molecular weight is 349 g/mol. The van der Waals surface area contributed by atoms with Gasteiger partial charge in [-0.2, -0.15) is 0 Å². The van der Waals surface area contributed by atoms with Crippen LogP contribution < -0.4 is 0 Å². The van der Waals surface area contributed by atoms with E-state index in [-0.39, 0.29) is 15.6 Å². The molecule has 0 aromatic heterocycles. The molecule has 7 heteroatoms. The fraction of sp³-hybridized carbons (Fsp3) is 0.286. The summed E-state index contributed by atoms with van der Waals surface area (Å²) in [4.78, 5) is 25.3. The Morgan fingerprint density at radius 1 is 1.29 bits per heavy atom. The fourth-order valence-electron chi connectivity index (χ4n) is 1.55. The number of halogens is 3. The monoisotopic (exact) mass is 347 g/mol. The summed E-state index contributed by atoms with van der Waals surface area (Å²) in [5.74, 6) is 1.67. The van der Waals surface area contributed by atoms with E-state index in [1.807, 2.05) is 0 Å². The Hall–Kier alpha value is -1.41. The lowest BCUT2D eigenvalue weighted by molar-refractivity contribution is 0.0570. The number of amides is 2. The SMILES string of the molecule is C#CC(C)(C)N(C(=O)OCCl)C(=O)c1cc(Cl)cc(Cl)c1. The second-order valence-corrected chi connectivity index (χ2v) is 5.61. The van der Waals surface area contributed by atoms with Crippen LogP contribution in [0.15, 0.2) is 18.2 Å². The number of carbonyl (C=O) groups is 2. The van der Waals surface area contributed by atoms with Crippen LogP contribution in [-0.4, -0.2) is 28.5 Å². The Kier molecular flexibility index (Phi) is 5.91. The van der Waals surface area contributed by atoms with E-state index in [1.165, 1.54) is 32.0 Å². The molecule has 21 heavy (non-hydrogen) atoms. The first-order valence-electron chi connectivity index (χ1n) is 5.74. The number of terminal acetylenes is 1. The Bertz CT molecular complexity index is 588. The fourth-order valence-corrected chi connectivity index (χ4v) is 2.17. The minimum absolute atomic E-state index is 0.113. The quantitative estimate of drug-likeness (QED) is 0.608. The van der Waals surface area contributed by atoms with Crippen LogP contribution in [0.2, 0.25) is 10.0 Å². The summed E-state index contributed by atoms with van der Waals surface area (Å²) >= 11 is 17.1. The third-order valence-corrected chi connectivity index (χ3v) is 3.13. The van der Waals surface area contributed by atoms with Gasteiger partial charge in [-0.1, -0.05) is 40.7 Å². The highest BCUT2D eigenvalue weighted by Crippen LogP contribution is 2.24. The Morgan fingerprint density at radius 3 is 2.24 bits per heavy atom. The van der Waals surface area contributed by atoms with E-state index in [2.05, 4.69) is 10.7 Å². The first kappa shape index (κ1) is 17.6. The van der Waals surface area contributed by atoms with Gasteiger partial charge >= 0.3 is 6.09 Å². The molecule has 0 aliphatic carbocycles. The lowest BCUT2D eigenvalue weighted by Crippen LogP contribution is -2.50. The summed E-state index contributed by atoms with van der Waals surface area (Å²) in [6, 6.07) is 3.82. The lowest BCUT2D eigenvalue weighted by atomic mass is 10.0. The van der Waals surface area contributed by atoms with E-state index in [0.717, 1.165) is 4.90 Å². The molecule has 1 aromatic rings. The van der Waals surface area contributed by atoms with Crippen LogP contribution in [0, 0.1) is 12.3 Å². The van der Waals surface area contributed by atoms with E-state index >= 15 is 0 Å². The largest absolute Gasteiger partial charge is 0.433 e. The first-order chi connectivity index (χ1) is 9.72. The van der Waals surface area contributed by atoms with Gasteiger partial charge in [-0.25, -0.2) is 9.69 Å². The topological polar surface area (TPSA) is 46.6 Å². The van der Waals surface area contributed by atoms with Crippen LogP contribution >= 0.6 is 34.8 Å². The van der Waals surface area contributed by atoms with Crippen molar-refractivity contribution in [1.82, 2.24) is 4.90 Å². The maximum absolute atomic E-state index is 12.5. The van der Waals surface area contributed by atoms with Gasteiger partial charge in [0, 0.05) is 15.6 Å². The molecule has 0 saturated carbocycles. The van der Waals surface area contributed by atoms with Crippen LogP contribution in [0.25, 0.3) is 0 Å². The second-order valence-electron chi connectivity index (χ2n) is 4.52. The zero-order chi connectivity index (χ0) is 16.2. The third-order valence-electron chi connectivity index (χ3n) is 2.59. The number of ether oxygens (including phenoxy) is 1. The predicted octanol–water partition coefficient (Wildman–Crippen LogP) is 4.18. The van der Waals surface area contributed by atoms with Crippen molar-refractivity contribution in [3.8, 4) is 12.3 Å². The highest BCUT2D eigenvalue weighted by Gasteiger charge is 2.36. The molecule has 1 rings (SSSR count). The van der Waals surface area contributed by atoms with Crippen LogP contribution in [-0.2, 0) is 4.74 Å². The standard InChI is InChI=1S/C14H12Cl3NO3/c1-4-14(2,3)18(13(20)21-8-15)12(19)9-5-10(16)7-11(17)6-9/h1,5-7H,8H2,2-3H3. The number of carbonyl (C=O) groups excluding carboxylic acids is 2. The van der Waals surface area contributed by atoms with Crippen molar-refractivity contribution in [2.45, 2.75) is 19.4 Å². The van der Waals surface area contributed by atoms with Gasteiger partial charge in [-0.15, -0.1) is 6.42 Å². The second kappa shape index (κ2) is 7.04. The smallest absolute Gasteiger partial charge is 0.419 e. The maximum Gasteiger partial charge on any atom is 0.419 e. The molecule has 0 N–H and O–H groups in total. The van der Waals surface area contributed by atoms with E-state index in [9.17, 15) is 9.59 Å². The summed E-state index contributed by atoms with van der Waals surface area (Å²) in [5.41, 5.74) is -1.10. The van der Waals surface area contributed by atoms with E-state index in [0.29, 0.717) is 0 Å². The van der Waals surface area contributed by atoms with Gasteiger partial charge in [0.1, 0.15) is 5.54 Å².